The molecule has 104 valence electrons. The molecule has 2 heteroatoms. The fourth-order valence-electron chi connectivity index (χ4n) is 2.01. The normalized spacial score (nSPS) is 12.9. The lowest BCUT2D eigenvalue weighted by Gasteiger charge is -2.11. The van der Waals surface area contributed by atoms with Crippen LogP contribution < -0.4 is 5.32 Å². The molecule has 1 unspecified atom stereocenters. The van der Waals surface area contributed by atoms with Crippen molar-refractivity contribution in [1.29, 1.82) is 0 Å². The van der Waals surface area contributed by atoms with E-state index in [-0.39, 0.29) is 0 Å². The van der Waals surface area contributed by atoms with Crippen molar-refractivity contribution in [1.82, 2.24) is 5.32 Å². The van der Waals surface area contributed by atoms with Gasteiger partial charge in [0.25, 0.3) is 0 Å². The minimum atomic E-state index is 0.661. The summed E-state index contributed by atoms with van der Waals surface area (Å²) in [6.07, 6.45) is 10.4. The Kier molecular flexibility index (Phi) is 13.9. The minimum absolute atomic E-state index is 0.661. The van der Waals surface area contributed by atoms with Crippen LogP contribution in [-0.4, -0.2) is 25.8 Å². The zero-order valence-electron chi connectivity index (χ0n) is 12.3. The molecule has 0 rings (SSSR count). The molecule has 0 aliphatic rings. The molecule has 17 heavy (non-hydrogen) atoms. The molecular weight excluding hydrogens is 210 g/mol. The summed E-state index contributed by atoms with van der Waals surface area (Å²) in [4.78, 5) is 0. The van der Waals surface area contributed by atoms with Crippen LogP contribution in [0.3, 0.4) is 0 Å². The van der Waals surface area contributed by atoms with Crippen LogP contribution in [0.25, 0.3) is 0 Å². The molecule has 0 aromatic heterocycles. The summed E-state index contributed by atoms with van der Waals surface area (Å²) in [6, 6.07) is 0.661. The van der Waals surface area contributed by atoms with E-state index in [1.807, 2.05) is 0 Å². The van der Waals surface area contributed by atoms with E-state index in [9.17, 15) is 0 Å². The first-order valence-corrected chi connectivity index (χ1v) is 7.62. The number of rotatable bonds is 13. The van der Waals surface area contributed by atoms with Crippen LogP contribution in [-0.2, 0) is 4.74 Å². The van der Waals surface area contributed by atoms with Gasteiger partial charge in [0.15, 0.2) is 0 Å². The quantitative estimate of drug-likeness (QED) is 0.491. The Morgan fingerprint density at radius 3 is 2.18 bits per heavy atom. The van der Waals surface area contributed by atoms with Crippen molar-refractivity contribution in [3.63, 3.8) is 0 Å². The Hall–Kier alpha value is -0.0800. The van der Waals surface area contributed by atoms with E-state index in [2.05, 4.69) is 26.1 Å². The van der Waals surface area contributed by atoms with Gasteiger partial charge in [-0.1, -0.05) is 39.5 Å². The Balaban J connectivity index is 2.98. The second kappa shape index (κ2) is 14.0. The van der Waals surface area contributed by atoms with Gasteiger partial charge in [-0.05, 0) is 39.2 Å². The molecule has 0 heterocycles. The van der Waals surface area contributed by atoms with Crippen molar-refractivity contribution in [3.8, 4) is 0 Å². The van der Waals surface area contributed by atoms with Gasteiger partial charge < -0.3 is 10.1 Å². The van der Waals surface area contributed by atoms with Crippen LogP contribution in [0.5, 0.6) is 0 Å². The maximum Gasteiger partial charge on any atom is 0.0466 e. The molecule has 0 spiro atoms. The van der Waals surface area contributed by atoms with Crippen LogP contribution in [0.1, 0.15) is 72.1 Å². The Labute approximate surface area is 109 Å². The third-order valence-corrected chi connectivity index (χ3v) is 3.12. The third-order valence-electron chi connectivity index (χ3n) is 3.12. The highest BCUT2D eigenvalue weighted by Crippen LogP contribution is 2.04. The number of unbranched alkanes of at least 4 members (excludes halogenated alkanes) is 5. The number of hydrogen-bond acceptors (Lipinski definition) is 2. The largest absolute Gasteiger partial charge is 0.381 e. The Morgan fingerprint density at radius 2 is 1.53 bits per heavy atom. The third kappa shape index (κ3) is 13.9. The average molecular weight is 243 g/mol. The zero-order chi connectivity index (χ0) is 12.8. The Bertz CT molecular complexity index is 139. The highest BCUT2D eigenvalue weighted by molar-refractivity contribution is 4.58. The molecule has 0 aromatic rings. The van der Waals surface area contributed by atoms with E-state index >= 15 is 0 Å². The second-order valence-corrected chi connectivity index (χ2v) is 4.98. The maximum atomic E-state index is 5.64. The predicted octanol–water partition coefficient (Wildman–Crippen LogP) is 4.14. The molecule has 0 bridgehead atoms. The highest BCUT2D eigenvalue weighted by atomic mass is 16.5. The summed E-state index contributed by atoms with van der Waals surface area (Å²) >= 11 is 0. The summed E-state index contributed by atoms with van der Waals surface area (Å²) in [5.74, 6) is 0. The molecule has 0 radical (unpaired) electrons. The van der Waals surface area contributed by atoms with E-state index in [1.54, 1.807) is 0 Å². The first-order valence-electron chi connectivity index (χ1n) is 7.62. The van der Waals surface area contributed by atoms with Gasteiger partial charge in [0, 0.05) is 19.3 Å². The maximum absolute atomic E-state index is 5.64. The summed E-state index contributed by atoms with van der Waals surface area (Å²) < 4.78 is 5.64. The lowest BCUT2D eigenvalue weighted by Crippen LogP contribution is -2.25. The minimum Gasteiger partial charge on any atom is -0.381 e. The first-order chi connectivity index (χ1) is 8.31. The summed E-state index contributed by atoms with van der Waals surface area (Å²) in [6.45, 7) is 9.68. The smallest absolute Gasteiger partial charge is 0.0466 e. The SMILES string of the molecule is CCCCCCCOCCCCC(C)NCC. The van der Waals surface area contributed by atoms with E-state index in [1.165, 1.54) is 51.4 Å². The van der Waals surface area contributed by atoms with Crippen molar-refractivity contribution in [2.45, 2.75) is 78.2 Å². The second-order valence-electron chi connectivity index (χ2n) is 4.98. The van der Waals surface area contributed by atoms with Gasteiger partial charge >= 0.3 is 0 Å². The molecule has 0 saturated carbocycles. The lowest BCUT2D eigenvalue weighted by atomic mass is 10.1. The molecule has 0 fully saturated rings. The Morgan fingerprint density at radius 1 is 0.882 bits per heavy atom. The van der Waals surface area contributed by atoms with Crippen LogP contribution in [0.15, 0.2) is 0 Å². The zero-order valence-corrected chi connectivity index (χ0v) is 12.3. The van der Waals surface area contributed by atoms with Crippen LogP contribution in [0, 0.1) is 0 Å². The van der Waals surface area contributed by atoms with Gasteiger partial charge in [0.1, 0.15) is 0 Å². The van der Waals surface area contributed by atoms with Crippen LogP contribution in [0.4, 0.5) is 0 Å². The number of nitrogens with one attached hydrogen (secondary N) is 1. The molecule has 0 aromatic carbocycles. The van der Waals surface area contributed by atoms with Gasteiger partial charge in [-0.25, -0.2) is 0 Å². The molecule has 1 N–H and O–H groups in total. The summed E-state index contributed by atoms with van der Waals surface area (Å²) in [5.41, 5.74) is 0. The van der Waals surface area contributed by atoms with Gasteiger partial charge in [-0.3, -0.25) is 0 Å². The van der Waals surface area contributed by atoms with Crippen molar-refractivity contribution in [3.05, 3.63) is 0 Å². The van der Waals surface area contributed by atoms with Crippen molar-refractivity contribution >= 4 is 0 Å². The van der Waals surface area contributed by atoms with Crippen molar-refractivity contribution in [2.75, 3.05) is 19.8 Å². The van der Waals surface area contributed by atoms with Crippen molar-refractivity contribution in [2.24, 2.45) is 0 Å². The van der Waals surface area contributed by atoms with E-state index in [0.717, 1.165) is 19.8 Å². The molecule has 0 aliphatic heterocycles. The van der Waals surface area contributed by atoms with Crippen LogP contribution in [0.2, 0.25) is 0 Å². The topological polar surface area (TPSA) is 21.3 Å². The predicted molar refractivity (Wildman–Crippen MR) is 76.6 cm³/mol. The molecule has 0 amide bonds. The fourth-order valence-corrected chi connectivity index (χ4v) is 2.01. The first kappa shape index (κ1) is 16.9. The molecule has 0 aliphatic carbocycles. The summed E-state index contributed by atoms with van der Waals surface area (Å²) in [7, 11) is 0. The van der Waals surface area contributed by atoms with E-state index in [4.69, 9.17) is 4.74 Å². The van der Waals surface area contributed by atoms with Crippen LogP contribution >= 0.6 is 0 Å². The average Bonchev–Trinajstić information content (AvgIpc) is 2.32. The monoisotopic (exact) mass is 243 g/mol. The molecule has 2 nitrogen and oxygen atoms in total. The summed E-state index contributed by atoms with van der Waals surface area (Å²) in [5, 5.41) is 3.44. The molecular formula is C15H33NO. The molecule has 1 atom stereocenters. The van der Waals surface area contributed by atoms with Crippen molar-refractivity contribution < 1.29 is 4.74 Å². The number of ether oxygens (including phenoxy) is 1. The standard InChI is InChI=1S/C15H33NO/c1-4-6-7-8-10-13-17-14-11-9-12-15(3)16-5-2/h15-16H,4-14H2,1-3H3. The lowest BCUT2D eigenvalue weighted by molar-refractivity contribution is 0.125. The van der Waals surface area contributed by atoms with Gasteiger partial charge in [0.2, 0.25) is 0 Å². The van der Waals surface area contributed by atoms with Gasteiger partial charge in [-0.15, -0.1) is 0 Å². The molecule has 0 saturated heterocycles. The van der Waals surface area contributed by atoms with Gasteiger partial charge in [0.05, 0.1) is 0 Å². The fraction of sp³-hybridized carbons (Fsp3) is 1.00. The van der Waals surface area contributed by atoms with Gasteiger partial charge in [-0.2, -0.15) is 0 Å². The van der Waals surface area contributed by atoms with E-state index in [0.29, 0.717) is 6.04 Å². The number of hydrogen-bond donors (Lipinski definition) is 1. The highest BCUT2D eigenvalue weighted by Gasteiger charge is 1.98. The van der Waals surface area contributed by atoms with E-state index < -0.39 is 0 Å².